The van der Waals surface area contributed by atoms with Crippen LogP contribution in [0, 0.1) is 25.2 Å². The van der Waals surface area contributed by atoms with Gasteiger partial charge in [-0.25, -0.2) is 0 Å². The number of thioether (sulfide) groups is 1. The predicted molar refractivity (Wildman–Crippen MR) is 90.5 cm³/mol. The molecular weight excluding hydrogens is 310 g/mol. The minimum Gasteiger partial charge on any atom is -0.342 e. The number of carbonyl (C=O) groups excluding carboxylic acids is 1. The highest BCUT2D eigenvalue weighted by atomic mass is 32.2. The SMILES string of the molecule is Cc1nnc(N2CCC[C@H]2C(=O)N2CCSCC2)c(C#N)c1C. The van der Waals surface area contributed by atoms with E-state index < -0.39 is 0 Å². The fraction of sp³-hybridized carbons (Fsp3) is 0.625. The lowest BCUT2D eigenvalue weighted by molar-refractivity contribution is -0.132. The Morgan fingerprint density at radius 1 is 1.26 bits per heavy atom. The second-order valence-corrected chi connectivity index (χ2v) is 7.23. The van der Waals surface area contributed by atoms with Crippen molar-refractivity contribution in [3.8, 4) is 6.07 Å². The summed E-state index contributed by atoms with van der Waals surface area (Å²) in [5.74, 6) is 2.75. The molecule has 0 aliphatic carbocycles. The molecule has 2 aliphatic rings. The van der Waals surface area contributed by atoms with E-state index in [2.05, 4.69) is 16.3 Å². The third-order valence-corrected chi connectivity index (χ3v) is 5.62. The van der Waals surface area contributed by atoms with Crippen LogP contribution in [0.3, 0.4) is 0 Å². The van der Waals surface area contributed by atoms with Crippen molar-refractivity contribution in [3.63, 3.8) is 0 Å². The van der Waals surface area contributed by atoms with E-state index in [0.717, 1.165) is 55.2 Å². The van der Waals surface area contributed by atoms with Crippen molar-refractivity contribution in [2.24, 2.45) is 0 Å². The number of aromatic nitrogens is 2. The fourth-order valence-corrected chi connectivity index (χ4v) is 4.11. The van der Waals surface area contributed by atoms with E-state index in [9.17, 15) is 10.1 Å². The number of nitrogens with zero attached hydrogens (tertiary/aromatic N) is 5. The van der Waals surface area contributed by atoms with Crippen molar-refractivity contribution in [2.75, 3.05) is 36.0 Å². The summed E-state index contributed by atoms with van der Waals surface area (Å²) in [6.07, 6.45) is 1.76. The lowest BCUT2D eigenvalue weighted by Gasteiger charge is -2.33. The molecule has 2 saturated heterocycles. The summed E-state index contributed by atoms with van der Waals surface area (Å²) in [6.45, 7) is 6.13. The van der Waals surface area contributed by atoms with Crippen LogP contribution in [0.25, 0.3) is 0 Å². The van der Waals surface area contributed by atoms with Crippen LogP contribution in [0.1, 0.15) is 29.7 Å². The molecule has 23 heavy (non-hydrogen) atoms. The van der Waals surface area contributed by atoms with Gasteiger partial charge >= 0.3 is 0 Å². The van der Waals surface area contributed by atoms with Crippen molar-refractivity contribution in [3.05, 3.63) is 16.8 Å². The van der Waals surface area contributed by atoms with Crippen LogP contribution >= 0.6 is 11.8 Å². The van der Waals surface area contributed by atoms with E-state index in [0.29, 0.717) is 11.4 Å². The molecule has 0 bridgehead atoms. The molecule has 0 spiro atoms. The first-order valence-electron chi connectivity index (χ1n) is 8.00. The molecule has 2 fully saturated rings. The van der Waals surface area contributed by atoms with Crippen molar-refractivity contribution in [1.82, 2.24) is 15.1 Å². The highest BCUT2D eigenvalue weighted by Crippen LogP contribution is 2.29. The van der Waals surface area contributed by atoms with E-state index in [1.807, 2.05) is 35.4 Å². The molecular formula is C16H21N5OS. The second kappa shape index (κ2) is 6.75. The molecule has 0 aromatic carbocycles. The Morgan fingerprint density at radius 2 is 2.00 bits per heavy atom. The van der Waals surface area contributed by atoms with Crippen molar-refractivity contribution in [1.29, 1.82) is 5.26 Å². The van der Waals surface area contributed by atoms with Crippen LogP contribution in [0.4, 0.5) is 5.82 Å². The number of aryl methyl sites for hydroxylation is 1. The van der Waals surface area contributed by atoms with E-state index in [-0.39, 0.29) is 11.9 Å². The Kier molecular flexibility index (Phi) is 4.71. The molecule has 0 radical (unpaired) electrons. The van der Waals surface area contributed by atoms with Gasteiger partial charge in [0.2, 0.25) is 5.91 Å². The van der Waals surface area contributed by atoms with Crippen LogP contribution in [0.2, 0.25) is 0 Å². The summed E-state index contributed by atoms with van der Waals surface area (Å²) in [5.41, 5.74) is 2.16. The molecule has 1 atom stereocenters. The normalized spacial score (nSPS) is 21.3. The number of hydrogen-bond acceptors (Lipinski definition) is 6. The molecule has 1 aromatic rings. The van der Waals surface area contributed by atoms with Crippen LogP contribution in [-0.2, 0) is 4.79 Å². The zero-order chi connectivity index (χ0) is 16.4. The number of rotatable bonds is 2. The summed E-state index contributed by atoms with van der Waals surface area (Å²) in [4.78, 5) is 16.8. The number of nitriles is 1. The van der Waals surface area contributed by atoms with Gasteiger partial charge in [-0.1, -0.05) is 0 Å². The molecule has 122 valence electrons. The van der Waals surface area contributed by atoms with E-state index in [1.54, 1.807) is 0 Å². The Morgan fingerprint density at radius 3 is 2.70 bits per heavy atom. The minimum atomic E-state index is -0.207. The van der Waals surface area contributed by atoms with E-state index in [1.165, 1.54) is 0 Å². The zero-order valence-corrected chi connectivity index (χ0v) is 14.4. The smallest absolute Gasteiger partial charge is 0.245 e. The Bertz CT molecular complexity index is 651. The lowest BCUT2D eigenvalue weighted by atomic mass is 10.1. The molecule has 6 nitrogen and oxygen atoms in total. The van der Waals surface area contributed by atoms with Gasteiger partial charge in [0.15, 0.2) is 5.82 Å². The topological polar surface area (TPSA) is 73.1 Å². The first kappa shape index (κ1) is 16.1. The van der Waals surface area contributed by atoms with Gasteiger partial charge in [0, 0.05) is 31.1 Å². The monoisotopic (exact) mass is 331 g/mol. The number of hydrogen-bond donors (Lipinski definition) is 0. The first-order valence-corrected chi connectivity index (χ1v) is 9.16. The third kappa shape index (κ3) is 3.00. The van der Waals surface area contributed by atoms with Crippen molar-refractivity contribution < 1.29 is 4.79 Å². The summed E-state index contributed by atoms with van der Waals surface area (Å²) in [7, 11) is 0. The highest BCUT2D eigenvalue weighted by Gasteiger charge is 2.36. The highest BCUT2D eigenvalue weighted by molar-refractivity contribution is 7.99. The first-order chi connectivity index (χ1) is 11.1. The molecule has 1 aromatic heterocycles. The molecule has 0 unspecified atom stereocenters. The maximum absolute atomic E-state index is 12.9. The third-order valence-electron chi connectivity index (χ3n) is 4.68. The molecule has 0 saturated carbocycles. The lowest BCUT2D eigenvalue weighted by Crippen LogP contribution is -2.49. The predicted octanol–water partition coefficient (Wildman–Crippen LogP) is 1.51. The van der Waals surface area contributed by atoms with Crippen LogP contribution in [0.5, 0.6) is 0 Å². The zero-order valence-electron chi connectivity index (χ0n) is 13.6. The fourth-order valence-electron chi connectivity index (χ4n) is 3.20. The average molecular weight is 331 g/mol. The van der Waals surface area contributed by atoms with Gasteiger partial charge in [0.1, 0.15) is 17.7 Å². The Labute approximate surface area is 140 Å². The molecule has 2 aliphatic heterocycles. The Balaban J connectivity index is 1.89. The van der Waals surface area contributed by atoms with Crippen LogP contribution in [-0.4, -0.2) is 58.2 Å². The maximum atomic E-state index is 12.9. The summed E-state index contributed by atoms with van der Waals surface area (Å²) >= 11 is 1.89. The van der Waals surface area contributed by atoms with Crippen LogP contribution in [0.15, 0.2) is 0 Å². The summed E-state index contributed by atoms with van der Waals surface area (Å²) in [6, 6.07) is 2.04. The quantitative estimate of drug-likeness (QED) is 0.818. The maximum Gasteiger partial charge on any atom is 0.245 e. The molecule has 3 rings (SSSR count). The molecule has 7 heteroatoms. The number of anilines is 1. The molecule has 3 heterocycles. The van der Waals surface area contributed by atoms with Gasteiger partial charge in [-0.2, -0.15) is 22.1 Å². The Hall–Kier alpha value is -1.81. The summed E-state index contributed by atoms with van der Waals surface area (Å²) in [5, 5.41) is 17.9. The average Bonchev–Trinajstić information content (AvgIpc) is 3.06. The second-order valence-electron chi connectivity index (χ2n) is 6.01. The van der Waals surface area contributed by atoms with Gasteiger partial charge in [0.05, 0.1) is 5.69 Å². The van der Waals surface area contributed by atoms with Gasteiger partial charge in [0.25, 0.3) is 0 Å². The van der Waals surface area contributed by atoms with Gasteiger partial charge in [-0.05, 0) is 32.3 Å². The van der Waals surface area contributed by atoms with E-state index >= 15 is 0 Å². The van der Waals surface area contributed by atoms with E-state index in [4.69, 9.17) is 0 Å². The summed E-state index contributed by atoms with van der Waals surface area (Å²) < 4.78 is 0. The van der Waals surface area contributed by atoms with Gasteiger partial charge < -0.3 is 9.80 Å². The minimum absolute atomic E-state index is 0.173. The largest absolute Gasteiger partial charge is 0.342 e. The van der Waals surface area contributed by atoms with Gasteiger partial charge in [-0.3, -0.25) is 4.79 Å². The van der Waals surface area contributed by atoms with Crippen molar-refractivity contribution >= 4 is 23.5 Å². The van der Waals surface area contributed by atoms with Crippen LogP contribution < -0.4 is 4.90 Å². The van der Waals surface area contributed by atoms with Crippen molar-refractivity contribution in [2.45, 2.75) is 32.7 Å². The molecule has 1 amide bonds. The van der Waals surface area contributed by atoms with Gasteiger partial charge in [-0.15, -0.1) is 5.10 Å². The standard InChI is InChI=1S/C16H21N5OS/c1-11-12(2)18-19-15(13(11)10-17)21-5-3-4-14(21)16(22)20-6-8-23-9-7-20/h14H,3-9H2,1-2H3/t14-/m0/s1. The number of carbonyl (C=O) groups is 1. The molecule has 0 N–H and O–H groups in total. The number of amides is 1.